The van der Waals surface area contributed by atoms with Crippen LogP contribution in [-0.4, -0.2) is 5.78 Å². The second-order valence-electron chi connectivity index (χ2n) is 19.9. The molecule has 0 aliphatic rings. The quantitative estimate of drug-likeness (QED) is 0.0390. The van der Waals surface area contributed by atoms with Crippen LogP contribution in [0.4, 0.5) is 4.39 Å². The number of benzene rings is 1. The summed E-state index contributed by atoms with van der Waals surface area (Å²) in [6.45, 7) is 20.7. The monoisotopic (exact) mass is 972 g/mol. The number of hydrogen-bond donors (Lipinski definition) is 0. The van der Waals surface area contributed by atoms with Gasteiger partial charge in [-0.25, -0.2) is 4.39 Å². The van der Waals surface area contributed by atoms with E-state index < -0.39 is 0 Å². The maximum absolute atomic E-state index is 16.4. The van der Waals surface area contributed by atoms with Crippen molar-refractivity contribution in [2.75, 3.05) is 0 Å². The summed E-state index contributed by atoms with van der Waals surface area (Å²) in [6.07, 6.45) is 21.1. The largest absolute Gasteiger partial charge is 0.293 e. The summed E-state index contributed by atoms with van der Waals surface area (Å²) < 4.78 is 20.0. The summed E-state index contributed by atoms with van der Waals surface area (Å²) >= 11 is 10.9. The van der Waals surface area contributed by atoms with E-state index in [-0.39, 0.29) is 11.6 Å². The molecule has 64 heavy (non-hydrogen) atoms. The van der Waals surface area contributed by atoms with E-state index in [1.54, 1.807) is 11.3 Å². The van der Waals surface area contributed by atoms with Crippen LogP contribution < -0.4 is 0 Å². The van der Waals surface area contributed by atoms with Gasteiger partial charge in [-0.05, 0) is 106 Å². The smallest absolute Gasteiger partial charge is 0.175 e. The molecule has 0 N–H and O–H groups in total. The predicted octanol–water partition coefficient (Wildman–Crippen LogP) is 21.4. The number of hydrogen-bond acceptors (Lipinski definition) is 7. The lowest BCUT2D eigenvalue weighted by Crippen LogP contribution is -1.98. The summed E-state index contributed by atoms with van der Waals surface area (Å²) in [5.41, 5.74) is 2.71. The van der Waals surface area contributed by atoms with Crippen molar-refractivity contribution in [1.82, 2.24) is 0 Å². The Balaban J connectivity index is 1.26. The molecule has 6 aromatic heterocycles. The van der Waals surface area contributed by atoms with E-state index >= 15 is 4.39 Å². The molecule has 2 unspecified atom stereocenters. The molecule has 8 heteroatoms. The van der Waals surface area contributed by atoms with Gasteiger partial charge in [0.25, 0.3) is 0 Å². The van der Waals surface area contributed by atoms with Gasteiger partial charge in [-0.2, -0.15) is 0 Å². The molecule has 0 radical (unpaired) electrons. The highest BCUT2D eigenvalue weighted by molar-refractivity contribution is 7.32. The maximum atomic E-state index is 16.4. The number of fused-ring (bicyclic) bond motifs is 3. The lowest BCUT2D eigenvalue weighted by molar-refractivity contribution is 0.0979. The van der Waals surface area contributed by atoms with Gasteiger partial charge in [0.2, 0.25) is 0 Å². The van der Waals surface area contributed by atoms with Gasteiger partial charge in [-0.1, -0.05) is 126 Å². The van der Waals surface area contributed by atoms with E-state index in [1.165, 1.54) is 149 Å². The van der Waals surface area contributed by atoms with E-state index in [2.05, 4.69) is 91.8 Å². The van der Waals surface area contributed by atoms with E-state index in [4.69, 9.17) is 0 Å². The molecule has 0 saturated heterocycles. The van der Waals surface area contributed by atoms with Crippen molar-refractivity contribution in [3.8, 4) is 30.6 Å². The summed E-state index contributed by atoms with van der Waals surface area (Å²) in [6, 6.07) is 14.4. The Labute approximate surface area is 408 Å². The number of carbonyl (C=O) groups excluding carboxylic acids is 1. The van der Waals surface area contributed by atoms with Gasteiger partial charge in [-0.3, -0.25) is 4.79 Å². The molecule has 0 aliphatic carbocycles. The number of thiophene rings is 6. The highest BCUT2D eigenvalue weighted by Crippen LogP contribution is 2.55. The van der Waals surface area contributed by atoms with Gasteiger partial charge in [-0.15, -0.1) is 68.0 Å². The van der Waals surface area contributed by atoms with Crippen molar-refractivity contribution in [3.05, 3.63) is 66.6 Å². The van der Waals surface area contributed by atoms with Gasteiger partial charge in [0.15, 0.2) is 11.6 Å². The van der Waals surface area contributed by atoms with Crippen molar-refractivity contribution < 1.29 is 9.18 Å². The van der Waals surface area contributed by atoms with Gasteiger partial charge in [0, 0.05) is 77.2 Å². The predicted molar refractivity (Wildman–Crippen MR) is 291 cm³/mol. The molecule has 346 valence electrons. The number of unbranched alkanes of at least 4 members (excludes halogenated alkanes) is 6. The molecule has 0 aliphatic heterocycles. The molecule has 0 fully saturated rings. The first kappa shape index (κ1) is 49.7. The first-order valence-electron chi connectivity index (χ1n) is 24.8. The fraction of sp³-hybridized carbons (Fsp3) is 0.554. The minimum absolute atomic E-state index is 0.0315. The number of halogens is 1. The maximum Gasteiger partial charge on any atom is 0.175 e. The Morgan fingerprint density at radius 2 is 1.11 bits per heavy atom. The number of aryl methyl sites for hydroxylation is 4. The first-order valence-corrected chi connectivity index (χ1v) is 29.6. The average molecular weight is 974 g/mol. The third kappa shape index (κ3) is 12.1. The molecule has 7 rings (SSSR count). The zero-order valence-electron chi connectivity index (χ0n) is 40.2. The summed E-state index contributed by atoms with van der Waals surface area (Å²) in [5.74, 6) is 2.68. The number of Topliss-reactive ketones (excluding diaryl/α,β-unsaturated/α-hetero) is 1. The fourth-order valence-corrected chi connectivity index (χ4v) is 16.8. The third-order valence-corrected chi connectivity index (χ3v) is 20.5. The van der Waals surface area contributed by atoms with Crippen molar-refractivity contribution in [2.24, 2.45) is 23.7 Å². The second kappa shape index (κ2) is 23.2. The van der Waals surface area contributed by atoms with Crippen molar-refractivity contribution in [3.63, 3.8) is 0 Å². The molecule has 0 spiro atoms. The topological polar surface area (TPSA) is 17.1 Å². The van der Waals surface area contributed by atoms with Gasteiger partial charge in [0.1, 0.15) is 4.88 Å². The second-order valence-corrected chi connectivity index (χ2v) is 26.8. The lowest BCUT2D eigenvalue weighted by atomic mass is 9.96. The van der Waals surface area contributed by atoms with Crippen LogP contribution in [0.1, 0.15) is 180 Å². The van der Waals surface area contributed by atoms with Crippen molar-refractivity contribution in [2.45, 2.75) is 178 Å². The van der Waals surface area contributed by atoms with E-state index in [0.29, 0.717) is 16.7 Å². The molecule has 0 saturated carbocycles. The van der Waals surface area contributed by atoms with E-state index in [9.17, 15) is 4.79 Å². The molecule has 1 aromatic carbocycles. The van der Waals surface area contributed by atoms with Crippen LogP contribution in [0.2, 0.25) is 0 Å². The highest BCUT2D eigenvalue weighted by atomic mass is 32.1. The Morgan fingerprint density at radius 3 is 1.69 bits per heavy atom. The molecular weight excluding hydrogens is 900 g/mol. The molecule has 7 aromatic rings. The third-order valence-electron chi connectivity index (χ3n) is 13.3. The van der Waals surface area contributed by atoms with E-state index in [0.717, 1.165) is 70.2 Å². The van der Waals surface area contributed by atoms with Gasteiger partial charge in [0.05, 0.1) is 9.58 Å². The molecule has 2 atom stereocenters. The minimum Gasteiger partial charge on any atom is -0.293 e. The number of rotatable bonds is 26. The summed E-state index contributed by atoms with van der Waals surface area (Å²) in [4.78, 5) is 24.2. The number of carbonyl (C=O) groups is 1. The molecule has 6 heterocycles. The zero-order chi connectivity index (χ0) is 45.5. The van der Waals surface area contributed by atoms with Gasteiger partial charge >= 0.3 is 0 Å². The normalized spacial score (nSPS) is 13.2. The van der Waals surface area contributed by atoms with Crippen LogP contribution in [0.15, 0.2) is 36.4 Å². The zero-order valence-corrected chi connectivity index (χ0v) is 45.1. The molecule has 0 bridgehead atoms. The molecular formula is C56H73FOS6. The Hall–Kier alpha value is -2.20. The standard InChI is InChI=1S/C56H73FOS6/c1-10-11-12-13-14-15-16-23-44(58)54-51(57)48-39(9)60-55(56(48)64-54)47-33-43-50(46-31-29-41(62-46)27-25-37(7)22-18-20-35(4)5)52-42(32-38(8)59-52)49(53(43)63-47)45-30-28-40(61-45)26-24-36(6)21-17-19-34(2)3/h28-37H,10-27H2,1-9H3. The van der Waals surface area contributed by atoms with Crippen LogP contribution in [0.3, 0.4) is 0 Å². The lowest BCUT2D eigenvalue weighted by Gasteiger charge is -2.12. The Kier molecular flexibility index (Phi) is 18.0. The average Bonchev–Trinajstić information content (AvgIpc) is 4.12. The molecule has 1 nitrogen and oxygen atoms in total. The van der Waals surface area contributed by atoms with Crippen LogP contribution in [0, 0.1) is 43.3 Å². The first-order chi connectivity index (χ1) is 30.8. The summed E-state index contributed by atoms with van der Waals surface area (Å²) in [5, 5.41) is 3.32. The highest BCUT2D eigenvalue weighted by Gasteiger charge is 2.28. The van der Waals surface area contributed by atoms with Crippen molar-refractivity contribution >= 4 is 104 Å². The Morgan fingerprint density at radius 1 is 0.562 bits per heavy atom. The van der Waals surface area contributed by atoms with Crippen LogP contribution >= 0.6 is 68.0 Å². The van der Waals surface area contributed by atoms with Crippen molar-refractivity contribution in [1.29, 1.82) is 0 Å². The SMILES string of the molecule is CCCCCCCCCC(=O)c1sc2c(-c3cc4c(-c5ccc(CCC(C)CCCC(C)C)s5)c5sc(C)cc5c(-c5ccc(CCC(C)CCCC(C)C)s5)c4s3)sc(C)c2c1F. The van der Waals surface area contributed by atoms with Gasteiger partial charge < -0.3 is 0 Å². The van der Waals surface area contributed by atoms with Crippen LogP contribution in [-0.2, 0) is 12.8 Å². The van der Waals surface area contributed by atoms with Crippen LogP contribution in [0.5, 0.6) is 0 Å². The summed E-state index contributed by atoms with van der Waals surface area (Å²) in [7, 11) is 0. The number of ketones is 1. The fourth-order valence-electron chi connectivity index (χ4n) is 9.44. The molecule has 0 amide bonds. The van der Waals surface area contributed by atoms with Crippen LogP contribution in [0.25, 0.3) is 60.9 Å². The minimum atomic E-state index is -0.299. The van der Waals surface area contributed by atoms with E-state index in [1.807, 2.05) is 52.3 Å². The Bertz CT molecular complexity index is 2480.